The predicted octanol–water partition coefficient (Wildman–Crippen LogP) is 1.87. The lowest BCUT2D eigenvalue weighted by atomic mass is 10.0. The van der Waals surface area contributed by atoms with E-state index in [1.54, 1.807) is 19.1 Å². The number of esters is 1. The number of halogens is 1. The summed E-state index contributed by atoms with van der Waals surface area (Å²) in [4.78, 5) is 47.4. The quantitative estimate of drug-likeness (QED) is 0.579. The second kappa shape index (κ2) is 11.2. The van der Waals surface area contributed by atoms with Gasteiger partial charge in [-0.1, -0.05) is 25.4 Å². The van der Waals surface area contributed by atoms with E-state index in [1.165, 1.54) is 12.1 Å². The summed E-state index contributed by atoms with van der Waals surface area (Å²) >= 11 is 5.80. The Bertz CT molecular complexity index is 676. The van der Waals surface area contributed by atoms with E-state index in [2.05, 4.69) is 10.6 Å². The number of urea groups is 1. The minimum absolute atomic E-state index is 0.0947. The Balaban J connectivity index is 2.65. The smallest absolute Gasteiger partial charge is 0.329 e. The lowest BCUT2D eigenvalue weighted by molar-refractivity contribution is -0.150. The maximum Gasteiger partial charge on any atom is 0.329 e. The van der Waals surface area contributed by atoms with Crippen LogP contribution < -0.4 is 16.0 Å². The summed E-state index contributed by atoms with van der Waals surface area (Å²) in [5.74, 6) is -1.88. The molecule has 0 aliphatic heterocycles. The van der Waals surface area contributed by atoms with Gasteiger partial charge in [0, 0.05) is 17.1 Å². The lowest BCUT2D eigenvalue weighted by Gasteiger charge is -2.19. The van der Waals surface area contributed by atoms with Crippen molar-refractivity contribution in [3.05, 3.63) is 34.9 Å². The number of carbonyl (C=O) groups is 4. The molecule has 1 aromatic rings. The molecule has 1 aromatic carbocycles. The number of hydrogen-bond donors (Lipinski definition) is 3. The second-order valence-electron chi connectivity index (χ2n) is 6.18. The molecule has 0 saturated heterocycles. The molecule has 0 radical (unpaired) electrons. The SMILES string of the molecule is CCNC(=O)NC(=O)COC(=O)C(CC(C)C)NC(=O)c1ccc(Cl)cc1. The first-order valence-corrected chi connectivity index (χ1v) is 8.91. The molecule has 0 saturated carbocycles. The van der Waals surface area contributed by atoms with E-state index in [0.29, 0.717) is 23.6 Å². The number of nitrogens with one attached hydrogen (secondary N) is 3. The van der Waals surface area contributed by atoms with Gasteiger partial charge in [-0.2, -0.15) is 0 Å². The molecule has 3 N–H and O–H groups in total. The molecular formula is C18H24ClN3O5. The largest absolute Gasteiger partial charge is 0.454 e. The van der Waals surface area contributed by atoms with Crippen LogP contribution in [0.1, 0.15) is 37.6 Å². The van der Waals surface area contributed by atoms with E-state index < -0.39 is 36.5 Å². The van der Waals surface area contributed by atoms with Crippen molar-refractivity contribution in [1.29, 1.82) is 0 Å². The molecule has 4 amide bonds. The Morgan fingerprint density at radius 3 is 2.30 bits per heavy atom. The molecule has 148 valence electrons. The Kier molecular flexibility index (Phi) is 9.29. The van der Waals surface area contributed by atoms with Gasteiger partial charge >= 0.3 is 12.0 Å². The molecular weight excluding hydrogens is 374 g/mol. The van der Waals surface area contributed by atoms with Crippen molar-refractivity contribution < 1.29 is 23.9 Å². The highest BCUT2D eigenvalue weighted by Gasteiger charge is 2.25. The first-order valence-electron chi connectivity index (χ1n) is 8.53. The highest BCUT2D eigenvalue weighted by molar-refractivity contribution is 6.30. The van der Waals surface area contributed by atoms with Gasteiger partial charge in [0.15, 0.2) is 6.61 Å². The average Bonchev–Trinajstić information content (AvgIpc) is 2.59. The molecule has 8 nitrogen and oxygen atoms in total. The second-order valence-corrected chi connectivity index (χ2v) is 6.61. The van der Waals surface area contributed by atoms with Crippen LogP contribution in [0.15, 0.2) is 24.3 Å². The van der Waals surface area contributed by atoms with Crippen LogP contribution in [0.4, 0.5) is 4.79 Å². The summed E-state index contributed by atoms with van der Waals surface area (Å²) in [7, 11) is 0. The van der Waals surface area contributed by atoms with Crippen LogP contribution in [-0.2, 0) is 14.3 Å². The summed E-state index contributed by atoms with van der Waals surface area (Å²) < 4.78 is 4.93. The third-order valence-electron chi connectivity index (χ3n) is 3.34. The van der Waals surface area contributed by atoms with Gasteiger partial charge in [-0.15, -0.1) is 0 Å². The molecule has 1 atom stereocenters. The fourth-order valence-electron chi connectivity index (χ4n) is 2.13. The first kappa shape index (κ1) is 22.4. The van der Waals surface area contributed by atoms with Gasteiger partial charge in [-0.05, 0) is 43.5 Å². The van der Waals surface area contributed by atoms with E-state index in [4.69, 9.17) is 16.3 Å². The highest BCUT2D eigenvalue weighted by atomic mass is 35.5. The van der Waals surface area contributed by atoms with Crippen LogP contribution in [0.5, 0.6) is 0 Å². The fourth-order valence-corrected chi connectivity index (χ4v) is 2.26. The molecule has 0 heterocycles. The molecule has 27 heavy (non-hydrogen) atoms. The first-order chi connectivity index (χ1) is 12.7. The topological polar surface area (TPSA) is 114 Å². The molecule has 1 rings (SSSR count). The zero-order valence-corrected chi connectivity index (χ0v) is 16.3. The number of imide groups is 1. The van der Waals surface area contributed by atoms with Crippen molar-refractivity contribution in [1.82, 2.24) is 16.0 Å². The predicted molar refractivity (Wildman–Crippen MR) is 100 cm³/mol. The molecule has 0 bridgehead atoms. The van der Waals surface area contributed by atoms with E-state index in [1.807, 2.05) is 19.2 Å². The number of rotatable bonds is 8. The van der Waals surface area contributed by atoms with E-state index in [9.17, 15) is 19.2 Å². The van der Waals surface area contributed by atoms with Crippen molar-refractivity contribution >= 4 is 35.4 Å². The Morgan fingerprint density at radius 1 is 1.11 bits per heavy atom. The molecule has 0 fully saturated rings. The van der Waals surface area contributed by atoms with Gasteiger partial charge in [-0.25, -0.2) is 9.59 Å². The zero-order valence-electron chi connectivity index (χ0n) is 15.5. The van der Waals surface area contributed by atoms with E-state index in [-0.39, 0.29) is 5.92 Å². The standard InChI is InChI=1S/C18H24ClN3O5/c1-4-20-18(26)22-15(23)10-27-17(25)14(9-11(2)3)21-16(24)12-5-7-13(19)8-6-12/h5-8,11,14H,4,9-10H2,1-3H3,(H,21,24)(H2,20,22,23,26). The summed E-state index contributed by atoms with van der Waals surface area (Å²) in [5.41, 5.74) is 0.343. The summed E-state index contributed by atoms with van der Waals surface area (Å²) in [6, 6.07) is 4.61. The average molecular weight is 398 g/mol. The monoisotopic (exact) mass is 397 g/mol. The number of amides is 4. The Labute approximate surface area is 163 Å². The molecule has 1 unspecified atom stereocenters. The number of hydrogen-bond acceptors (Lipinski definition) is 5. The molecule has 0 aliphatic carbocycles. The summed E-state index contributed by atoms with van der Waals surface area (Å²) in [5, 5.41) is 7.50. The van der Waals surface area contributed by atoms with Crippen molar-refractivity contribution in [2.75, 3.05) is 13.2 Å². The third-order valence-corrected chi connectivity index (χ3v) is 3.59. The van der Waals surface area contributed by atoms with Gasteiger partial charge in [0.05, 0.1) is 0 Å². The van der Waals surface area contributed by atoms with Gasteiger partial charge in [0.25, 0.3) is 11.8 Å². The fraction of sp³-hybridized carbons (Fsp3) is 0.444. The minimum Gasteiger partial charge on any atom is -0.454 e. The van der Waals surface area contributed by atoms with Gasteiger partial charge < -0.3 is 15.4 Å². The van der Waals surface area contributed by atoms with Gasteiger partial charge in [-0.3, -0.25) is 14.9 Å². The highest BCUT2D eigenvalue weighted by Crippen LogP contribution is 2.11. The van der Waals surface area contributed by atoms with Crippen LogP contribution in [0.25, 0.3) is 0 Å². The molecule has 0 spiro atoms. The van der Waals surface area contributed by atoms with Crippen LogP contribution in [0.3, 0.4) is 0 Å². The lowest BCUT2D eigenvalue weighted by Crippen LogP contribution is -2.45. The van der Waals surface area contributed by atoms with Crippen LogP contribution in [-0.4, -0.2) is 43.0 Å². The molecule has 9 heteroatoms. The molecule has 0 aromatic heterocycles. The van der Waals surface area contributed by atoms with E-state index in [0.717, 1.165) is 0 Å². The number of ether oxygens (including phenoxy) is 1. The normalized spacial score (nSPS) is 11.4. The summed E-state index contributed by atoms with van der Waals surface area (Å²) in [6.07, 6.45) is 0.329. The summed E-state index contributed by atoms with van der Waals surface area (Å²) in [6.45, 7) is 5.20. The van der Waals surface area contributed by atoms with Crippen molar-refractivity contribution in [2.24, 2.45) is 5.92 Å². The van der Waals surface area contributed by atoms with Gasteiger partial charge in [0.1, 0.15) is 6.04 Å². The van der Waals surface area contributed by atoms with Crippen LogP contribution in [0.2, 0.25) is 5.02 Å². The van der Waals surface area contributed by atoms with E-state index >= 15 is 0 Å². The van der Waals surface area contributed by atoms with Crippen LogP contribution >= 0.6 is 11.6 Å². The number of carbonyl (C=O) groups excluding carboxylic acids is 4. The van der Waals surface area contributed by atoms with Crippen molar-refractivity contribution in [3.63, 3.8) is 0 Å². The Morgan fingerprint density at radius 2 is 1.74 bits per heavy atom. The number of benzene rings is 1. The van der Waals surface area contributed by atoms with Gasteiger partial charge in [0.2, 0.25) is 0 Å². The van der Waals surface area contributed by atoms with Crippen molar-refractivity contribution in [3.8, 4) is 0 Å². The third kappa shape index (κ3) is 8.54. The zero-order chi connectivity index (χ0) is 20.4. The molecule has 0 aliphatic rings. The maximum absolute atomic E-state index is 12.3. The minimum atomic E-state index is -0.926. The Hall–Kier alpha value is -2.61. The van der Waals surface area contributed by atoms with Crippen molar-refractivity contribution in [2.45, 2.75) is 33.2 Å². The maximum atomic E-state index is 12.3. The van der Waals surface area contributed by atoms with Crippen LogP contribution in [0, 0.1) is 5.92 Å².